The second-order valence-corrected chi connectivity index (χ2v) is 5.74. The molecule has 1 N–H and O–H groups in total. The molecular weight excluding hydrogens is 324 g/mol. The van der Waals surface area contributed by atoms with Crippen LogP contribution in [0.3, 0.4) is 0 Å². The molecule has 0 atom stereocenters. The third-order valence-corrected chi connectivity index (χ3v) is 3.84. The lowest BCUT2D eigenvalue weighted by Gasteiger charge is -2.12. The molecule has 1 aromatic heterocycles. The van der Waals surface area contributed by atoms with Gasteiger partial charge in [0.2, 0.25) is 0 Å². The monoisotopic (exact) mass is 342 g/mol. The van der Waals surface area contributed by atoms with E-state index in [4.69, 9.17) is 4.74 Å². The van der Waals surface area contributed by atoms with Crippen molar-refractivity contribution in [3.05, 3.63) is 47.3 Å². The van der Waals surface area contributed by atoms with E-state index in [0.717, 1.165) is 22.0 Å². The maximum absolute atomic E-state index is 12.0. The van der Waals surface area contributed by atoms with E-state index >= 15 is 0 Å². The molecule has 0 aliphatic carbocycles. The number of carbonyl (C=O) groups is 3. The molecular formula is C17H18N4O4. The van der Waals surface area contributed by atoms with Gasteiger partial charge in [-0.25, -0.2) is 14.3 Å². The maximum Gasteiger partial charge on any atom is 0.338 e. The predicted octanol–water partition coefficient (Wildman–Crippen LogP) is 1.20. The fourth-order valence-electron chi connectivity index (χ4n) is 2.63. The number of amides is 3. The molecule has 130 valence electrons. The normalized spacial score (nSPS) is 13.7. The van der Waals surface area contributed by atoms with Gasteiger partial charge in [-0.15, -0.1) is 0 Å². The molecule has 1 aliphatic rings. The first kappa shape index (κ1) is 16.7. The lowest BCUT2D eigenvalue weighted by atomic mass is 10.2. The molecule has 0 unspecified atom stereocenters. The van der Waals surface area contributed by atoms with Crippen molar-refractivity contribution in [2.24, 2.45) is 0 Å². The van der Waals surface area contributed by atoms with Crippen LogP contribution in [-0.2, 0) is 9.53 Å². The summed E-state index contributed by atoms with van der Waals surface area (Å²) in [5, 5.41) is 6.89. The first-order chi connectivity index (χ1) is 12.0. The number of nitrogens with one attached hydrogen (secondary N) is 1. The number of nitrogens with zero attached hydrogens (tertiary/aromatic N) is 3. The number of urea groups is 1. The van der Waals surface area contributed by atoms with Crippen LogP contribution in [0.25, 0.3) is 5.69 Å². The summed E-state index contributed by atoms with van der Waals surface area (Å²) >= 11 is 0. The maximum atomic E-state index is 12.0. The van der Waals surface area contributed by atoms with Crippen LogP contribution in [0.15, 0.2) is 30.3 Å². The molecule has 25 heavy (non-hydrogen) atoms. The molecule has 1 saturated heterocycles. The van der Waals surface area contributed by atoms with E-state index in [0.29, 0.717) is 12.1 Å². The van der Waals surface area contributed by atoms with Crippen molar-refractivity contribution in [1.29, 1.82) is 0 Å². The minimum Gasteiger partial charge on any atom is -0.452 e. The van der Waals surface area contributed by atoms with Crippen molar-refractivity contribution >= 4 is 17.9 Å². The highest BCUT2D eigenvalue weighted by atomic mass is 16.5. The van der Waals surface area contributed by atoms with Crippen LogP contribution in [0.1, 0.15) is 21.7 Å². The molecule has 8 heteroatoms. The molecule has 1 aliphatic heterocycles. The first-order valence-electron chi connectivity index (χ1n) is 7.85. The number of aromatic nitrogens is 2. The fraction of sp³-hybridized carbons (Fsp3) is 0.294. The van der Waals surface area contributed by atoms with E-state index in [2.05, 4.69) is 10.4 Å². The first-order valence-corrected chi connectivity index (χ1v) is 7.85. The Hall–Kier alpha value is -3.16. The zero-order valence-corrected chi connectivity index (χ0v) is 14.0. The Morgan fingerprint density at radius 1 is 1.24 bits per heavy atom. The number of ether oxygens (including phenoxy) is 1. The van der Waals surface area contributed by atoms with Gasteiger partial charge in [-0.2, -0.15) is 5.10 Å². The van der Waals surface area contributed by atoms with Gasteiger partial charge in [-0.1, -0.05) is 0 Å². The number of esters is 1. The Kier molecular flexibility index (Phi) is 4.51. The Bertz CT molecular complexity index is 826. The number of benzene rings is 1. The minimum atomic E-state index is -0.618. The average molecular weight is 342 g/mol. The van der Waals surface area contributed by atoms with Gasteiger partial charge in [0.25, 0.3) is 5.91 Å². The van der Waals surface area contributed by atoms with Crippen LogP contribution in [0.2, 0.25) is 0 Å². The molecule has 8 nitrogen and oxygen atoms in total. The summed E-state index contributed by atoms with van der Waals surface area (Å²) in [5.74, 6) is -1.16. The molecule has 1 aromatic carbocycles. The summed E-state index contributed by atoms with van der Waals surface area (Å²) in [7, 11) is 0. The molecule has 0 spiro atoms. The number of hydrogen-bond acceptors (Lipinski definition) is 5. The molecule has 0 bridgehead atoms. The van der Waals surface area contributed by atoms with Gasteiger partial charge < -0.3 is 10.1 Å². The Balaban J connectivity index is 1.62. The molecule has 2 heterocycles. The summed E-state index contributed by atoms with van der Waals surface area (Å²) in [6.07, 6.45) is 0. The van der Waals surface area contributed by atoms with Gasteiger partial charge in [0.1, 0.15) is 0 Å². The van der Waals surface area contributed by atoms with E-state index in [1.165, 1.54) is 0 Å². The van der Waals surface area contributed by atoms with Gasteiger partial charge >= 0.3 is 12.0 Å². The van der Waals surface area contributed by atoms with Gasteiger partial charge in [-0.3, -0.25) is 9.69 Å². The Morgan fingerprint density at radius 3 is 2.52 bits per heavy atom. The molecule has 3 amide bonds. The summed E-state index contributed by atoms with van der Waals surface area (Å²) < 4.78 is 6.77. The fourth-order valence-corrected chi connectivity index (χ4v) is 2.63. The van der Waals surface area contributed by atoms with Crippen molar-refractivity contribution in [1.82, 2.24) is 20.0 Å². The Labute approximate surface area is 144 Å². The van der Waals surface area contributed by atoms with Crippen molar-refractivity contribution in [2.75, 3.05) is 19.7 Å². The lowest BCUT2D eigenvalue weighted by molar-refractivity contribution is -0.130. The van der Waals surface area contributed by atoms with Crippen LogP contribution in [0.4, 0.5) is 4.79 Å². The van der Waals surface area contributed by atoms with E-state index < -0.39 is 24.5 Å². The summed E-state index contributed by atoms with van der Waals surface area (Å²) in [5.41, 5.74) is 3.05. The van der Waals surface area contributed by atoms with Crippen molar-refractivity contribution in [3.8, 4) is 5.69 Å². The van der Waals surface area contributed by atoms with Crippen LogP contribution in [0, 0.1) is 13.8 Å². The summed E-state index contributed by atoms with van der Waals surface area (Å²) in [6.45, 7) is 4.08. The van der Waals surface area contributed by atoms with Gasteiger partial charge in [0, 0.05) is 18.8 Å². The molecule has 1 fully saturated rings. The largest absolute Gasteiger partial charge is 0.452 e. The highest BCUT2D eigenvalue weighted by Gasteiger charge is 2.26. The van der Waals surface area contributed by atoms with Gasteiger partial charge in [0.15, 0.2) is 6.61 Å². The topological polar surface area (TPSA) is 93.5 Å². The second-order valence-electron chi connectivity index (χ2n) is 5.74. The van der Waals surface area contributed by atoms with E-state index in [1.807, 2.05) is 19.9 Å². The van der Waals surface area contributed by atoms with Gasteiger partial charge in [0.05, 0.1) is 16.9 Å². The third-order valence-electron chi connectivity index (χ3n) is 3.84. The molecule has 3 rings (SSSR count). The number of rotatable bonds is 4. The van der Waals surface area contributed by atoms with Crippen molar-refractivity contribution in [3.63, 3.8) is 0 Å². The van der Waals surface area contributed by atoms with Crippen LogP contribution in [0.5, 0.6) is 0 Å². The standard InChI is InChI=1S/C17H18N4O4/c1-11-9-12(2)21(19-11)14-5-3-13(4-6-14)16(23)25-10-15(22)20-8-7-18-17(20)24/h3-6,9H,7-8,10H2,1-2H3,(H,18,24). The zero-order chi connectivity index (χ0) is 18.0. The summed E-state index contributed by atoms with van der Waals surface area (Å²) in [4.78, 5) is 36.3. The van der Waals surface area contributed by atoms with E-state index in [1.54, 1.807) is 28.9 Å². The van der Waals surface area contributed by atoms with Crippen LogP contribution < -0.4 is 5.32 Å². The number of hydrogen-bond donors (Lipinski definition) is 1. The molecule has 0 radical (unpaired) electrons. The van der Waals surface area contributed by atoms with Crippen LogP contribution in [-0.4, -0.2) is 52.3 Å². The highest BCUT2D eigenvalue weighted by molar-refractivity contribution is 5.98. The van der Waals surface area contributed by atoms with Crippen molar-refractivity contribution in [2.45, 2.75) is 13.8 Å². The third kappa shape index (κ3) is 3.52. The Morgan fingerprint density at radius 2 is 1.96 bits per heavy atom. The summed E-state index contributed by atoms with van der Waals surface area (Å²) in [6, 6.07) is 8.23. The minimum absolute atomic E-state index is 0.284. The van der Waals surface area contributed by atoms with Crippen molar-refractivity contribution < 1.29 is 19.1 Å². The zero-order valence-electron chi connectivity index (χ0n) is 14.0. The van der Waals surface area contributed by atoms with E-state index in [-0.39, 0.29) is 6.54 Å². The SMILES string of the molecule is Cc1cc(C)n(-c2ccc(C(=O)OCC(=O)N3CCNC3=O)cc2)n1. The molecule has 0 saturated carbocycles. The smallest absolute Gasteiger partial charge is 0.338 e. The number of imide groups is 1. The molecule has 2 aromatic rings. The quantitative estimate of drug-likeness (QED) is 0.843. The van der Waals surface area contributed by atoms with Gasteiger partial charge in [-0.05, 0) is 44.2 Å². The highest BCUT2D eigenvalue weighted by Crippen LogP contribution is 2.13. The average Bonchev–Trinajstić information content (AvgIpc) is 3.17. The predicted molar refractivity (Wildman–Crippen MR) is 88.4 cm³/mol. The van der Waals surface area contributed by atoms with Crippen LogP contribution >= 0.6 is 0 Å². The van der Waals surface area contributed by atoms with E-state index in [9.17, 15) is 14.4 Å². The lowest BCUT2D eigenvalue weighted by Crippen LogP contribution is -2.37. The number of aryl methyl sites for hydroxylation is 2. The second kappa shape index (κ2) is 6.76. The number of carbonyl (C=O) groups excluding carboxylic acids is 3.